The maximum Gasteiger partial charge on any atom is 0.330 e. The number of anilines is 1. The maximum atomic E-state index is 13.1. The molecule has 150 valence electrons. The van der Waals surface area contributed by atoms with Gasteiger partial charge in [0.1, 0.15) is 17.0 Å². The van der Waals surface area contributed by atoms with Crippen molar-refractivity contribution >= 4 is 46.2 Å². The first-order chi connectivity index (χ1) is 14.5. The standard InChI is InChI=1S/C21H15ClN4O4/c22-15-8-5-11-6-9-16(25-18(11)24-15)26-19(28)12-3-1-2-4-13(12)20(26)30-21(29)14-7-10-17(27)23-14/h1-6,8-9,14,20H,7,10H2,(H,23,27). The van der Waals surface area contributed by atoms with E-state index in [1.54, 1.807) is 48.5 Å². The number of rotatable bonds is 3. The van der Waals surface area contributed by atoms with Gasteiger partial charge in [0.2, 0.25) is 12.1 Å². The average Bonchev–Trinajstić information content (AvgIpc) is 3.29. The number of ether oxygens (including phenoxy) is 1. The Hall–Kier alpha value is -3.52. The van der Waals surface area contributed by atoms with Gasteiger partial charge in [0.15, 0.2) is 5.65 Å². The first-order valence-corrected chi connectivity index (χ1v) is 9.75. The van der Waals surface area contributed by atoms with Crippen LogP contribution in [0.5, 0.6) is 0 Å². The zero-order chi connectivity index (χ0) is 20.8. The van der Waals surface area contributed by atoms with Gasteiger partial charge in [-0.15, -0.1) is 0 Å². The number of carbonyl (C=O) groups excluding carboxylic acids is 3. The number of esters is 1. The molecule has 4 heterocycles. The summed E-state index contributed by atoms with van der Waals surface area (Å²) in [5.74, 6) is -0.849. The third-order valence-electron chi connectivity index (χ3n) is 5.17. The Bertz CT molecular complexity index is 1210. The van der Waals surface area contributed by atoms with Gasteiger partial charge in [-0.1, -0.05) is 29.8 Å². The van der Waals surface area contributed by atoms with Gasteiger partial charge in [0, 0.05) is 22.9 Å². The molecule has 0 saturated carbocycles. The van der Waals surface area contributed by atoms with Crippen LogP contribution in [0.25, 0.3) is 11.0 Å². The predicted molar refractivity (Wildman–Crippen MR) is 108 cm³/mol. The molecule has 2 aromatic heterocycles. The lowest BCUT2D eigenvalue weighted by atomic mass is 10.1. The van der Waals surface area contributed by atoms with Gasteiger partial charge in [-0.05, 0) is 36.8 Å². The number of carbonyl (C=O) groups is 3. The lowest BCUT2D eigenvalue weighted by molar-refractivity contribution is -0.151. The Morgan fingerprint density at radius 1 is 1.10 bits per heavy atom. The topological polar surface area (TPSA) is 101 Å². The second-order valence-corrected chi connectivity index (χ2v) is 7.45. The summed E-state index contributed by atoms with van der Waals surface area (Å²) in [6.07, 6.45) is -0.373. The minimum atomic E-state index is -0.997. The lowest BCUT2D eigenvalue weighted by Crippen LogP contribution is -2.38. The Morgan fingerprint density at radius 2 is 1.90 bits per heavy atom. The van der Waals surface area contributed by atoms with Crippen LogP contribution in [0.2, 0.25) is 5.15 Å². The predicted octanol–water partition coefficient (Wildman–Crippen LogP) is 2.76. The normalized spacial score (nSPS) is 20.4. The number of amides is 2. The van der Waals surface area contributed by atoms with E-state index in [-0.39, 0.29) is 29.2 Å². The van der Waals surface area contributed by atoms with Gasteiger partial charge >= 0.3 is 5.97 Å². The summed E-state index contributed by atoms with van der Waals surface area (Å²) in [5, 5.41) is 3.63. The van der Waals surface area contributed by atoms with Gasteiger partial charge in [-0.25, -0.2) is 14.8 Å². The van der Waals surface area contributed by atoms with E-state index in [2.05, 4.69) is 15.3 Å². The molecule has 2 atom stereocenters. The summed E-state index contributed by atoms with van der Waals surface area (Å²) in [6.45, 7) is 0. The fourth-order valence-corrected chi connectivity index (χ4v) is 3.85. The minimum Gasteiger partial charge on any atom is -0.435 e. The second kappa shape index (κ2) is 7.07. The Labute approximate surface area is 175 Å². The molecule has 1 saturated heterocycles. The molecule has 9 heteroatoms. The van der Waals surface area contributed by atoms with Crippen molar-refractivity contribution in [2.75, 3.05) is 4.90 Å². The van der Waals surface area contributed by atoms with Crippen LogP contribution >= 0.6 is 11.6 Å². The summed E-state index contributed by atoms with van der Waals surface area (Å²) >= 11 is 5.98. The number of aromatic nitrogens is 2. The highest BCUT2D eigenvalue weighted by atomic mass is 35.5. The van der Waals surface area contributed by atoms with E-state index >= 15 is 0 Å². The summed E-state index contributed by atoms with van der Waals surface area (Å²) in [6, 6.07) is 13.1. The van der Waals surface area contributed by atoms with Crippen LogP contribution in [0, 0.1) is 0 Å². The zero-order valence-electron chi connectivity index (χ0n) is 15.5. The molecule has 0 radical (unpaired) electrons. The van der Waals surface area contributed by atoms with Crippen LogP contribution in [0.4, 0.5) is 5.82 Å². The Kier molecular flexibility index (Phi) is 4.36. The molecule has 1 N–H and O–H groups in total. The van der Waals surface area contributed by atoms with Crippen molar-refractivity contribution in [1.29, 1.82) is 0 Å². The van der Waals surface area contributed by atoms with Crippen molar-refractivity contribution in [3.8, 4) is 0 Å². The molecular formula is C21H15ClN4O4. The SMILES string of the molecule is O=C1CCC(C(=O)OC2c3ccccc3C(=O)N2c2ccc3ccc(Cl)nc3n2)N1. The summed E-state index contributed by atoms with van der Waals surface area (Å²) < 4.78 is 5.71. The van der Waals surface area contributed by atoms with Gasteiger partial charge < -0.3 is 10.1 Å². The van der Waals surface area contributed by atoms with Crippen molar-refractivity contribution in [3.63, 3.8) is 0 Å². The zero-order valence-corrected chi connectivity index (χ0v) is 16.3. The van der Waals surface area contributed by atoms with Crippen LogP contribution < -0.4 is 10.2 Å². The number of hydrogen-bond donors (Lipinski definition) is 1. The number of nitrogens with one attached hydrogen (secondary N) is 1. The van der Waals surface area contributed by atoms with Crippen LogP contribution in [-0.4, -0.2) is 33.8 Å². The molecule has 0 aliphatic carbocycles. The molecule has 1 aromatic carbocycles. The van der Waals surface area contributed by atoms with Gasteiger partial charge in [-0.2, -0.15) is 0 Å². The Morgan fingerprint density at radius 3 is 2.70 bits per heavy atom. The highest BCUT2D eigenvalue weighted by Crippen LogP contribution is 2.38. The smallest absolute Gasteiger partial charge is 0.330 e. The van der Waals surface area contributed by atoms with Crippen LogP contribution in [0.1, 0.15) is 35.0 Å². The second-order valence-electron chi connectivity index (χ2n) is 7.06. The monoisotopic (exact) mass is 422 g/mol. The van der Waals surface area contributed by atoms with Crippen molar-refractivity contribution in [1.82, 2.24) is 15.3 Å². The van der Waals surface area contributed by atoms with Gasteiger partial charge in [0.05, 0.1) is 0 Å². The van der Waals surface area contributed by atoms with E-state index in [4.69, 9.17) is 16.3 Å². The van der Waals surface area contributed by atoms with Crippen molar-refractivity contribution in [2.24, 2.45) is 0 Å². The highest BCUT2D eigenvalue weighted by molar-refractivity contribution is 6.29. The lowest BCUT2D eigenvalue weighted by Gasteiger charge is -2.25. The fourth-order valence-electron chi connectivity index (χ4n) is 3.71. The maximum absolute atomic E-state index is 13.1. The van der Waals surface area contributed by atoms with Gasteiger partial charge in [0.25, 0.3) is 5.91 Å². The molecule has 1 fully saturated rings. The largest absolute Gasteiger partial charge is 0.435 e. The third kappa shape index (κ3) is 3.05. The van der Waals surface area contributed by atoms with E-state index < -0.39 is 18.2 Å². The summed E-state index contributed by atoms with van der Waals surface area (Å²) in [4.78, 5) is 47.3. The summed E-state index contributed by atoms with van der Waals surface area (Å²) in [7, 11) is 0. The van der Waals surface area contributed by atoms with Crippen LogP contribution in [-0.2, 0) is 14.3 Å². The molecule has 2 aliphatic heterocycles. The van der Waals surface area contributed by atoms with E-state index in [0.29, 0.717) is 23.2 Å². The van der Waals surface area contributed by atoms with Crippen molar-refractivity contribution in [3.05, 3.63) is 64.8 Å². The van der Waals surface area contributed by atoms with E-state index in [1.807, 2.05) is 0 Å². The van der Waals surface area contributed by atoms with Crippen LogP contribution in [0.15, 0.2) is 48.5 Å². The first kappa shape index (κ1) is 18.5. The highest BCUT2D eigenvalue weighted by Gasteiger charge is 2.42. The first-order valence-electron chi connectivity index (χ1n) is 9.37. The molecule has 2 unspecified atom stereocenters. The molecule has 0 spiro atoms. The van der Waals surface area contributed by atoms with Gasteiger partial charge in [-0.3, -0.25) is 14.5 Å². The average molecular weight is 423 g/mol. The third-order valence-corrected chi connectivity index (χ3v) is 5.38. The minimum absolute atomic E-state index is 0.198. The molecule has 0 bridgehead atoms. The molecule has 8 nitrogen and oxygen atoms in total. The molecule has 3 aromatic rings. The quantitative estimate of drug-likeness (QED) is 0.514. The van der Waals surface area contributed by atoms with E-state index in [1.165, 1.54) is 4.90 Å². The molecular weight excluding hydrogens is 408 g/mol. The molecule has 2 amide bonds. The van der Waals surface area contributed by atoms with Crippen LogP contribution in [0.3, 0.4) is 0 Å². The number of benzene rings is 1. The number of fused-ring (bicyclic) bond motifs is 2. The van der Waals surface area contributed by atoms with E-state index in [0.717, 1.165) is 5.39 Å². The summed E-state index contributed by atoms with van der Waals surface area (Å²) in [5.41, 5.74) is 1.35. The molecule has 2 aliphatic rings. The number of halogens is 1. The molecule has 30 heavy (non-hydrogen) atoms. The van der Waals surface area contributed by atoms with E-state index in [9.17, 15) is 14.4 Å². The van der Waals surface area contributed by atoms with Crippen molar-refractivity contribution < 1.29 is 19.1 Å². The fraction of sp³-hybridized carbons (Fsp3) is 0.190. The number of pyridine rings is 2. The van der Waals surface area contributed by atoms with Crippen molar-refractivity contribution in [2.45, 2.75) is 25.1 Å². The Balaban J connectivity index is 1.54. The molecule has 5 rings (SSSR count). The number of hydrogen-bond acceptors (Lipinski definition) is 6. The number of nitrogens with zero attached hydrogens (tertiary/aromatic N) is 3.